The number of aromatic nitrogens is 3. The predicted octanol–water partition coefficient (Wildman–Crippen LogP) is 1.32. The molecule has 0 bridgehead atoms. The highest BCUT2D eigenvalue weighted by Crippen LogP contribution is 2.19. The fourth-order valence-corrected chi connectivity index (χ4v) is 3.50. The Morgan fingerprint density at radius 2 is 2.39 bits per heavy atom. The van der Waals surface area contributed by atoms with Crippen LogP contribution in [0.2, 0.25) is 0 Å². The highest BCUT2D eigenvalue weighted by atomic mass is 32.2. The van der Waals surface area contributed by atoms with Crippen LogP contribution in [0.5, 0.6) is 0 Å². The fraction of sp³-hybridized carbons (Fsp3) is 0.545. The Bertz CT molecular complexity index is 593. The standard InChI is InChI=1S/C11H15N3O2S2/c1-7(4-15)5-17-6-9-13-14-10(16)3-8(2)12-11(14)18-9/h3,7,15H,4-6H2,1-2H3. The summed E-state index contributed by atoms with van der Waals surface area (Å²) in [7, 11) is 0. The lowest BCUT2D eigenvalue weighted by Crippen LogP contribution is -2.14. The van der Waals surface area contributed by atoms with Gasteiger partial charge in [0.2, 0.25) is 4.96 Å². The molecule has 0 aliphatic carbocycles. The largest absolute Gasteiger partial charge is 0.396 e. The third kappa shape index (κ3) is 3.09. The maximum Gasteiger partial charge on any atom is 0.275 e. The minimum Gasteiger partial charge on any atom is -0.396 e. The van der Waals surface area contributed by atoms with Crippen molar-refractivity contribution in [3.8, 4) is 0 Å². The first-order chi connectivity index (χ1) is 8.60. The summed E-state index contributed by atoms with van der Waals surface area (Å²) in [6.45, 7) is 4.01. The van der Waals surface area contributed by atoms with Crippen LogP contribution in [0.15, 0.2) is 10.9 Å². The quantitative estimate of drug-likeness (QED) is 0.897. The summed E-state index contributed by atoms with van der Waals surface area (Å²) in [4.78, 5) is 16.6. The lowest BCUT2D eigenvalue weighted by atomic mass is 10.2. The van der Waals surface area contributed by atoms with Gasteiger partial charge in [-0.2, -0.15) is 21.4 Å². The number of nitrogens with zero attached hydrogens (tertiary/aromatic N) is 3. The SMILES string of the molecule is Cc1cc(=O)n2nc(CSCC(C)CO)sc2n1. The molecular weight excluding hydrogens is 270 g/mol. The van der Waals surface area contributed by atoms with Crippen molar-refractivity contribution in [1.82, 2.24) is 14.6 Å². The molecule has 5 nitrogen and oxygen atoms in total. The average Bonchev–Trinajstić information content (AvgIpc) is 2.72. The molecule has 98 valence electrons. The molecule has 18 heavy (non-hydrogen) atoms. The maximum absolute atomic E-state index is 11.7. The van der Waals surface area contributed by atoms with Crippen LogP contribution in [0.1, 0.15) is 17.6 Å². The lowest BCUT2D eigenvalue weighted by molar-refractivity contribution is 0.250. The summed E-state index contributed by atoms with van der Waals surface area (Å²) in [5.74, 6) is 1.91. The first-order valence-corrected chi connectivity index (χ1v) is 7.62. The molecule has 0 aliphatic heterocycles. The van der Waals surface area contributed by atoms with Crippen molar-refractivity contribution in [2.75, 3.05) is 12.4 Å². The summed E-state index contributed by atoms with van der Waals surface area (Å²) in [6, 6.07) is 1.48. The van der Waals surface area contributed by atoms with Crippen LogP contribution in [-0.4, -0.2) is 32.1 Å². The van der Waals surface area contributed by atoms with Crippen LogP contribution in [-0.2, 0) is 5.75 Å². The van der Waals surface area contributed by atoms with Crippen LogP contribution in [0.25, 0.3) is 4.96 Å². The van der Waals surface area contributed by atoms with Crippen molar-refractivity contribution in [2.45, 2.75) is 19.6 Å². The van der Waals surface area contributed by atoms with Crippen molar-refractivity contribution >= 4 is 28.1 Å². The van der Waals surface area contributed by atoms with Gasteiger partial charge in [-0.15, -0.1) is 0 Å². The molecular formula is C11H15N3O2S2. The second kappa shape index (κ2) is 5.81. The van der Waals surface area contributed by atoms with Gasteiger partial charge in [0.25, 0.3) is 5.56 Å². The smallest absolute Gasteiger partial charge is 0.275 e. The van der Waals surface area contributed by atoms with E-state index in [2.05, 4.69) is 10.1 Å². The maximum atomic E-state index is 11.7. The first kappa shape index (κ1) is 13.5. The van der Waals surface area contributed by atoms with E-state index >= 15 is 0 Å². The Morgan fingerprint density at radius 1 is 1.61 bits per heavy atom. The Morgan fingerprint density at radius 3 is 3.11 bits per heavy atom. The summed E-state index contributed by atoms with van der Waals surface area (Å²) < 4.78 is 1.35. The number of aliphatic hydroxyl groups is 1. The molecule has 0 aliphatic rings. The molecule has 7 heteroatoms. The first-order valence-electron chi connectivity index (χ1n) is 5.65. The van der Waals surface area contributed by atoms with Crippen LogP contribution < -0.4 is 5.56 Å². The molecule has 2 aromatic heterocycles. The van der Waals surface area contributed by atoms with E-state index < -0.39 is 0 Å². The zero-order valence-corrected chi connectivity index (χ0v) is 11.9. The van der Waals surface area contributed by atoms with Crippen LogP contribution in [0.4, 0.5) is 0 Å². The molecule has 0 aromatic carbocycles. The molecule has 1 atom stereocenters. The van der Waals surface area contributed by atoms with E-state index in [4.69, 9.17) is 5.11 Å². The molecule has 1 N–H and O–H groups in total. The second-order valence-corrected chi connectivity index (χ2v) is 6.30. The predicted molar refractivity (Wildman–Crippen MR) is 74.3 cm³/mol. The molecule has 0 saturated heterocycles. The topological polar surface area (TPSA) is 67.5 Å². The van der Waals surface area contributed by atoms with Gasteiger partial charge >= 0.3 is 0 Å². The Balaban J connectivity index is 2.11. The highest BCUT2D eigenvalue weighted by molar-refractivity contribution is 7.98. The zero-order chi connectivity index (χ0) is 13.1. The normalized spacial score (nSPS) is 13.1. The van der Waals surface area contributed by atoms with Crippen molar-refractivity contribution in [3.05, 3.63) is 27.1 Å². The van der Waals surface area contributed by atoms with Gasteiger partial charge in [-0.1, -0.05) is 18.3 Å². The van der Waals surface area contributed by atoms with Gasteiger partial charge in [0, 0.05) is 24.1 Å². The molecule has 0 fully saturated rings. The van der Waals surface area contributed by atoms with E-state index in [1.54, 1.807) is 18.7 Å². The van der Waals surface area contributed by atoms with Gasteiger partial charge in [-0.25, -0.2) is 4.98 Å². The van der Waals surface area contributed by atoms with Crippen molar-refractivity contribution in [3.63, 3.8) is 0 Å². The van der Waals surface area contributed by atoms with Gasteiger partial charge in [-0.05, 0) is 18.6 Å². The summed E-state index contributed by atoms with van der Waals surface area (Å²) in [6.07, 6.45) is 0. The van der Waals surface area contributed by atoms with Gasteiger partial charge in [-0.3, -0.25) is 4.79 Å². The van der Waals surface area contributed by atoms with E-state index in [0.29, 0.717) is 4.96 Å². The zero-order valence-electron chi connectivity index (χ0n) is 10.3. The highest BCUT2D eigenvalue weighted by Gasteiger charge is 2.08. The minimum atomic E-state index is -0.131. The number of thioether (sulfide) groups is 1. The molecule has 0 spiro atoms. The lowest BCUT2D eigenvalue weighted by Gasteiger charge is -2.04. The molecule has 0 radical (unpaired) electrons. The van der Waals surface area contributed by atoms with Crippen molar-refractivity contribution < 1.29 is 5.11 Å². The van der Waals surface area contributed by atoms with Gasteiger partial charge in [0.1, 0.15) is 5.01 Å². The fourth-order valence-electron chi connectivity index (χ4n) is 1.42. The third-order valence-electron chi connectivity index (χ3n) is 2.35. The number of fused-ring (bicyclic) bond motifs is 1. The number of hydrogen-bond acceptors (Lipinski definition) is 6. The summed E-state index contributed by atoms with van der Waals surface area (Å²) >= 11 is 3.15. The van der Waals surface area contributed by atoms with Gasteiger partial charge in [0.05, 0.1) is 0 Å². The van der Waals surface area contributed by atoms with Crippen LogP contribution in [0, 0.1) is 12.8 Å². The van der Waals surface area contributed by atoms with E-state index in [0.717, 1.165) is 22.2 Å². The van der Waals surface area contributed by atoms with Gasteiger partial charge < -0.3 is 5.11 Å². The second-order valence-electron chi connectivity index (χ2n) is 4.23. The number of rotatable bonds is 5. The van der Waals surface area contributed by atoms with E-state index in [1.165, 1.54) is 21.9 Å². The van der Waals surface area contributed by atoms with E-state index in [1.807, 2.05) is 6.92 Å². The van der Waals surface area contributed by atoms with Crippen molar-refractivity contribution in [1.29, 1.82) is 0 Å². The molecule has 1 unspecified atom stereocenters. The van der Waals surface area contributed by atoms with Crippen LogP contribution in [0.3, 0.4) is 0 Å². The Hall–Kier alpha value is -0.920. The Labute approximate surface area is 113 Å². The van der Waals surface area contributed by atoms with Gasteiger partial charge in [0.15, 0.2) is 0 Å². The monoisotopic (exact) mass is 285 g/mol. The Kier molecular flexibility index (Phi) is 4.36. The average molecular weight is 285 g/mol. The summed E-state index contributed by atoms with van der Waals surface area (Å²) in [5, 5.41) is 14.1. The van der Waals surface area contributed by atoms with E-state index in [-0.39, 0.29) is 18.1 Å². The number of aryl methyl sites for hydroxylation is 1. The molecule has 2 rings (SSSR count). The molecule has 2 heterocycles. The molecule has 0 saturated carbocycles. The van der Waals surface area contributed by atoms with E-state index in [9.17, 15) is 4.79 Å². The summed E-state index contributed by atoms with van der Waals surface area (Å²) in [5.41, 5.74) is 0.588. The number of hydrogen-bond donors (Lipinski definition) is 1. The van der Waals surface area contributed by atoms with Crippen molar-refractivity contribution in [2.24, 2.45) is 5.92 Å². The molecule has 0 amide bonds. The minimum absolute atomic E-state index is 0.131. The number of aliphatic hydroxyl groups excluding tert-OH is 1. The third-order valence-corrected chi connectivity index (χ3v) is 4.73. The molecule has 2 aromatic rings. The van der Waals surface area contributed by atoms with Crippen LogP contribution >= 0.6 is 23.1 Å².